The fourth-order valence-corrected chi connectivity index (χ4v) is 2.69. The van der Waals surface area contributed by atoms with Gasteiger partial charge in [-0.25, -0.2) is 13.1 Å². The fourth-order valence-electron chi connectivity index (χ4n) is 1.54. The highest BCUT2D eigenvalue weighted by atomic mass is 32.2. The Morgan fingerprint density at radius 2 is 2.21 bits per heavy atom. The third-order valence-corrected chi connectivity index (χ3v) is 4.35. The number of sulfonamides is 1. The predicted octanol–water partition coefficient (Wildman–Crippen LogP) is 1.60. The van der Waals surface area contributed by atoms with Crippen LogP contribution in [-0.4, -0.2) is 26.8 Å². The fraction of sp³-hybridized carbons (Fsp3) is 0.462. The summed E-state index contributed by atoms with van der Waals surface area (Å²) in [7, 11) is -3.58. The molecule has 0 aromatic heterocycles. The highest BCUT2D eigenvalue weighted by Crippen LogP contribution is 2.11. The average Bonchev–Trinajstić information content (AvgIpc) is 2.36. The normalized spacial score (nSPS) is 12.7. The van der Waals surface area contributed by atoms with Gasteiger partial charge in [-0.05, 0) is 31.0 Å². The molecule has 0 aliphatic rings. The van der Waals surface area contributed by atoms with E-state index in [9.17, 15) is 8.42 Å². The lowest BCUT2D eigenvalue weighted by Gasteiger charge is -2.11. The number of nitrogens with zero attached hydrogens (tertiary/aromatic N) is 1. The van der Waals surface area contributed by atoms with Crippen LogP contribution in [-0.2, 0) is 10.0 Å². The Balaban J connectivity index is 2.41. The zero-order valence-electron chi connectivity index (χ0n) is 11.1. The highest BCUT2D eigenvalue weighted by Gasteiger charge is 2.22. The molecule has 1 aromatic rings. The summed E-state index contributed by atoms with van der Waals surface area (Å²) in [6, 6.07) is 9.28. The number of hydrogen-bond acceptors (Lipinski definition) is 4. The van der Waals surface area contributed by atoms with Crippen molar-refractivity contribution in [2.24, 2.45) is 0 Å². The molecule has 0 radical (unpaired) electrons. The van der Waals surface area contributed by atoms with E-state index in [2.05, 4.69) is 4.72 Å². The van der Waals surface area contributed by atoms with Gasteiger partial charge in [0.05, 0.1) is 6.07 Å². The summed E-state index contributed by atoms with van der Waals surface area (Å²) in [5.74, 6) is 0.700. The van der Waals surface area contributed by atoms with Crippen LogP contribution in [0, 0.1) is 18.3 Å². The molecule has 0 amide bonds. The predicted molar refractivity (Wildman–Crippen MR) is 73.3 cm³/mol. The molecule has 5 nitrogen and oxygen atoms in total. The van der Waals surface area contributed by atoms with Crippen LogP contribution in [0.25, 0.3) is 0 Å². The maximum absolute atomic E-state index is 11.7. The maximum Gasteiger partial charge on any atom is 0.228 e. The minimum absolute atomic E-state index is 0.147. The van der Waals surface area contributed by atoms with Crippen molar-refractivity contribution in [3.05, 3.63) is 29.8 Å². The van der Waals surface area contributed by atoms with Crippen LogP contribution in [0.5, 0.6) is 5.75 Å². The average molecular weight is 282 g/mol. The van der Waals surface area contributed by atoms with E-state index in [1.807, 2.05) is 31.2 Å². The van der Waals surface area contributed by atoms with Gasteiger partial charge in [0.25, 0.3) is 0 Å². The molecule has 0 saturated carbocycles. The quantitative estimate of drug-likeness (QED) is 0.770. The van der Waals surface area contributed by atoms with Gasteiger partial charge in [-0.1, -0.05) is 19.1 Å². The number of nitrogens with one attached hydrogen (secondary N) is 1. The van der Waals surface area contributed by atoms with Crippen LogP contribution < -0.4 is 9.46 Å². The molecule has 0 aliphatic heterocycles. The Kier molecular flexibility index (Phi) is 5.80. The molecule has 0 bridgehead atoms. The first kappa shape index (κ1) is 15.5. The summed E-state index contributed by atoms with van der Waals surface area (Å²) in [6.45, 7) is 3.99. The maximum atomic E-state index is 11.7. The van der Waals surface area contributed by atoms with E-state index < -0.39 is 15.3 Å². The molecule has 0 saturated heterocycles. The number of rotatable bonds is 7. The molecule has 1 aromatic carbocycles. The van der Waals surface area contributed by atoms with Gasteiger partial charge in [-0.15, -0.1) is 0 Å². The van der Waals surface area contributed by atoms with Crippen molar-refractivity contribution in [3.63, 3.8) is 0 Å². The Bertz CT molecular complexity index is 549. The molecular formula is C13H18N2O3S. The molecule has 0 heterocycles. The lowest BCUT2D eigenvalue weighted by Crippen LogP contribution is -2.35. The Morgan fingerprint density at radius 1 is 1.47 bits per heavy atom. The Morgan fingerprint density at radius 3 is 2.79 bits per heavy atom. The minimum atomic E-state index is -3.58. The van der Waals surface area contributed by atoms with Crippen LogP contribution in [0.15, 0.2) is 24.3 Å². The molecule has 0 aliphatic carbocycles. The van der Waals surface area contributed by atoms with Gasteiger partial charge in [0.2, 0.25) is 10.0 Å². The summed E-state index contributed by atoms with van der Waals surface area (Å²) in [5, 5.41) is 7.72. The molecule has 19 heavy (non-hydrogen) atoms. The second kappa shape index (κ2) is 7.12. The molecule has 6 heteroatoms. The number of nitriles is 1. The monoisotopic (exact) mass is 282 g/mol. The topological polar surface area (TPSA) is 79.2 Å². The van der Waals surface area contributed by atoms with Crippen LogP contribution >= 0.6 is 0 Å². The van der Waals surface area contributed by atoms with Gasteiger partial charge in [-0.3, -0.25) is 0 Å². The SMILES string of the molecule is CCC(C#N)S(=O)(=O)NCCOc1cccc(C)c1. The zero-order valence-corrected chi connectivity index (χ0v) is 11.9. The van der Waals surface area contributed by atoms with Crippen LogP contribution in [0.4, 0.5) is 0 Å². The van der Waals surface area contributed by atoms with Gasteiger partial charge in [0.1, 0.15) is 12.4 Å². The van der Waals surface area contributed by atoms with Crippen molar-refractivity contribution in [2.45, 2.75) is 25.5 Å². The summed E-state index contributed by atoms with van der Waals surface area (Å²) < 4.78 is 31.1. The standard InChI is InChI=1S/C13H18N2O3S/c1-3-13(10-14)19(16,17)15-7-8-18-12-6-4-5-11(2)9-12/h4-6,9,13,15H,3,7-8H2,1-2H3. The second-order valence-corrected chi connectivity index (χ2v) is 6.08. The van der Waals surface area contributed by atoms with E-state index in [0.717, 1.165) is 5.56 Å². The Hall–Kier alpha value is -1.58. The van der Waals surface area contributed by atoms with Gasteiger partial charge in [0.15, 0.2) is 5.25 Å². The first-order valence-electron chi connectivity index (χ1n) is 6.07. The van der Waals surface area contributed by atoms with Gasteiger partial charge >= 0.3 is 0 Å². The van der Waals surface area contributed by atoms with Crippen molar-refractivity contribution in [1.82, 2.24) is 4.72 Å². The first-order chi connectivity index (χ1) is 8.99. The first-order valence-corrected chi connectivity index (χ1v) is 7.61. The Labute approximate surface area is 114 Å². The van der Waals surface area contributed by atoms with E-state index in [0.29, 0.717) is 5.75 Å². The molecule has 0 spiro atoms. The lowest BCUT2D eigenvalue weighted by atomic mass is 10.2. The van der Waals surface area contributed by atoms with Crippen molar-refractivity contribution < 1.29 is 13.2 Å². The molecule has 1 unspecified atom stereocenters. The van der Waals surface area contributed by atoms with E-state index in [1.165, 1.54) is 0 Å². The van der Waals surface area contributed by atoms with Gasteiger partial charge in [0, 0.05) is 6.54 Å². The molecule has 104 valence electrons. The molecule has 1 N–H and O–H groups in total. The smallest absolute Gasteiger partial charge is 0.228 e. The third-order valence-electron chi connectivity index (χ3n) is 2.55. The molecule has 0 fully saturated rings. The van der Waals surface area contributed by atoms with Crippen LogP contribution in [0.3, 0.4) is 0 Å². The molecule has 1 rings (SSSR count). The van der Waals surface area contributed by atoms with Gasteiger partial charge < -0.3 is 4.74 Å². The van der Waals surface area contributed by atoms with Crippen LogP contribution in [0.1, 0.15) is 18.9 Å². The van der Waals surface area contributed by atoms with E-state index in [1.54, 1.807) is 13.0 Å². The minimum Gasteiger partial charge on any atom is -0.492 e. The zero-order chi connectivity index (χ0) is 14.3. The largest absolute Gasteiger partial charge is 0.492 e. The molecular weight excluding hydrogens is 264 g/mol. The summed E-state index contributed by atoms with van der Waals surface area (Å²) in [6.07, 6.45) is 0.268. The van der Waals surface area contributed by atoms with Crippen molar-refractivity contribution in [2.75, 3.05) is 13.2 Å². The highest BCUT2D eigenvalue weighted by molar-refractivity contribution is 7.90. The van der Waals surface area contributed by atoms with E-state index in [-0.39, 0.29) is 19.6 Å². The second-order valence-electron chi connectivity index (χ2n) is 4.13. The van der Waals surface area contributed by atoms with Crippen molar-refractivity contribution in [3.8, 4) is 11.8 Å². The lowest BCUT2D eigenvalue weighted by molar-refractivity contribution is 0.322. The molecule has 1 atom stereocenters. The number of benzene rings is 1. The summed E-state index contributed by atoms with van der Waals surface area (Å²) >= 11 is 0. The number of ether oxygens (including phenoxy) is 1. The van der Waals surface area contributed by atoms with E-state index >= 15 is 0 Å². The van der Waals surface area contributed by atoms with E-state index in [4.69, 9.17) is 10.00 Å². The van der Waals surface area contributed by atoms with Crippen molar-refractivity contribution >= 4 is 10.0 Å². The number of aryl methyl sites for hydroxylation is 1. The third kappa shape index (κ3) is 4.89. The van der Waals surface area contributed by atoms with Gasteiger partial charge in [-0.2, -0.15) is 5.26 Å². The summed E-state index contributed by atoms with van der Waals surface area (Å²) in [5.41, 5.74) is 1.08. The van der Waals surface area contributed by atoms with Crippen molar-refractivity contribution in [1.29, 1.82) is 5.26 Å². The summed E-state index contributed by atoms with van der Waals surface area (Å²) in [4.78, 5) is 0. The van der Waals surface area contributed by atoms with Crippen LogP contribution in [0.2, 0.25) is 0 Å². The number of hydrogen-bond donors (Lipinski definition) is 1.